The van der Waals surface area contributed by atoms with Crippen LogP contribution in [0.4, 0.5) is 4.79 Å². The van der Waals surface area contributed by atoms with Gasteiger partial charge in [0.1, 0.15) is 12.6 Å². The molecule has 2 N–H and O–H groups in total. The van der Waals surface area contributed by atoms with Crippen molar-refractivity contribution in [1.29, 1.82) is 0 Å². The highest BCUT2D eigenvalue weighted by molar-refractivity contribution is 5.99. The Bertz CT molecular complexity index is 835. The smallest absolute Gasteiger partial charge is 0.417 e. The molecule has 0 radical (unpaired) electrons. The summed E-state index contributed by atoms with van der Waals surface area (Å²) in [6.07, 6.45) is 0.407. The van der Waals surface area contributed by atoms with E-state index in [9.17, 15) is 19.5 Å². The number of carbonyl (C=O) groups is 3. The maximum atomic E-state index is 13.0. The van der Waals surface area contributed by atoms with Gasteiger partial charge in [0, 0.05) is 6.42 Å². The fourth-order valence-corrected chi connectivity index (χ4v) is 3.35. The molecular formula is C22H24N2O5. The normalized spacial score (nSPS) is 16.8. The predicted octanol–water partition coefficient (Wildman–Crippen LogP) is 2.60. The van der Waals surface area contributed by atoms with Crippen LogP contribution in [0.2, 0.25) is 0 Å². The first-order valence-corrected chi connectivity index (χ1v) is 9.60. The molecule has 2 aromatic rings. The molecule has 2 unspecified atom stereocenters. The number of imide groups is 1. The number of hydrogen-bond donors (Lipinski definition) is 2. The van der Waals surface area contributed by atoms with Crippen LogP contribution < -0.4 is 5.32 Å². The van der Waals surface area contributed by atoms with Gasteiger partial charge in [0.15, 0.2) is 0 Å². The van der Waals surface area contributed by atoms with E-state index in [0.29, 0.717) is 18.5 Å². The van der Waals surface area contributed by atoms with Crippen molar-refractivity contribution in [3.8, 4) is 0 Å². The van der Waals surface area contributed by atoms with E-state index in [1.165, 1.54) is 0 Å². The van der Waals surface area contributed by atoms with Crippen molar-refractivity contribution in [3.05, 3.63) is 71.8 Å². The lowest BCUT2D eigenvalue weighted by Gasteiger charge is -2.29. The third-order valence-corrected chi connectivity index (χ3v) is 4.87. The zero-order valence-electron chi connectivity index (χ0n) is 16.0. The van der Waals surface area contributed by atoms with E-state index in [0.717, 1.165) is 16.9 Å². The number of hydrogen-bond acceptors (Lipinski definition) is 5. The number of rotatable bonds is 7. The van der Waals surface area contributed by atoms with Gasteiger partial charge in [0.2, 0.25) is 5.91 Å². The van der Waals surface area contributed by atoms with E-state index in [1.807, 2.05) is 24.3 Å². The molecule has 29 heavy (non-hydrogen) atoms. The van der Waals surface area contributed by atoms with Crippen molar-refractivity contribution < 1.29 is 24.2 Å². The standard InChI is InChI=1S/C22H24N2O5/c25-20(18-12-7-13-23-18)24(22(28)29-15-17-10-5-2-6-11-17)19(21(26)27)14-16-8-3-1-4-9-16/h1-6,8-11,18-19,23H,7,12-15H2,(H,26,27). The molecule has 0 aromatic heterocycles. The first-order valence-electron chi connectivity index (χ1n) is 9.60. The third kappa shape index (κ3) is 5.42. The number of amides is 2. The maximum Gasteiger partial charge on any atom is 0.417 e. The zero-order chi connectivity index (χ0) is 20.6. The minimum absolute atomic E-state index is 0.00900. The fourth-order valence-electron chi connectivity index (χ4n) is 3.35. The van der Waals surface area contributed by atoms with Gasteiger partial charge in [-0.3, -0.25) is 4.79 Å². The Morgan fingerprint density at radius 3 is 2.21 bits per heavy atom. The molecule has 2 atom stereocenters. The van der Waals surface area contributed by atoms with E-state index >= 15 is 0 Å². The minimum atomic E-state index is -1.35. The van der Waals surface area contributed by atoms with Crippen LogP contribution in [-0.4, -0.2) is 46.6 Å². The van der Waals surface area contributed by atoms with E-state index in [2.05, 4.69) is 5.32 Å². The van der Waals surface area contributed by atoms with Crippen LogP contribution in [0.3, 0.4) is 0 Å². The third-order valence-electron chi connectivity index (χ3n) is 4.87. The molecule has 1 aliphatic rings. The summed E-state index contributed by atoms with van der Waals surface area (Å²) in [4.78, 5) is 38.7. The molecule has 0 saturated carbocycles. The number of nitrogens with zero attached hydrogens (tertiary/aromatic N) is 1. The lowest BCUT2D eigenvalue weighted by atomic mass is 10.0. The molecule has 2 amide bonds. The summed E-state index contributed by atoms with van der Waals surface area (Å²) in [5.74, 6) is -1.82. The highest BCUT2D eigenvalue weighted by Crippen LogP contribution is 2.17. The molecule has 0 spiro atoms. The fraction of sp³-hybridized carbons (Fsp3) is 0.318. The highest BCUT2D eigenvalue weighted by atomic mass is 16.6. The van der Waals surface area contributed by atoms with Gasteiger partial charge in [-0.2, -0.15) is 0 Å². The largest absolute Gasteiger partial charge is 0.480 e. The Hall–Kier alpha value is -3.19. The molecule has 0 bridgehead atoms. The van der Waals surface area contributed by atoms with Gasteiger partial charge in [-0.1, -0.05) is 60.7 Å². The monoisotopic (exact) mass is 396 g/mol. The van der Waals surface area contributed by atoms with Gasteiger partial charge in [-0.05, 0) is 30.5 Å². The van der Waals surface area contributed by atoms with E-state index < -0.39 is 30.1 Å². The van der Waals surface area contributed by atoms with Gasteiger partial charge < -0.3 is 15.2 Å². The van der Waals surface area contributed by atoms with E-state index in [4.69, 9.17) is 4.74 Å². The van der Waals surface area contributed by atoms with Crippen LogP contribution in [0.1, 0.15) is 24.0 Å². The highest BCUT2D eigenvalue weighted by Gasteiger charge is 2.40. The SMILES string of the molecule is O=C(O)C(Cc1ccccc1)N(C(=O)OCc1ccccc1)C(=O)C1CCCN1. The molecule has 2 aromatic carbocycles. The topological polar surface area (TPSA) is 95.9 Å². The summed E-state index contributed by atoms with van der Waals surface area (Å²) in [5.41, 5.74) is 1.47. The van der Waals surface area contributed by atoms with Crippen molar-refractivity contribution in [1.82, 2.24) is 10.2 Å². The molecule has 0 aliphatic carbocycles. The molecule has 1 aliphatic heterocycles. The van der Waals surface area contributed by atoms with E-state index in [-0.39, 0.29) is 13.0 Å². The molecule has 7 nitrogen and oxygen atoms in total. The molecule has 1 saturated heterocycles. The Balaban J connectivity index is 1.82. The minimum Gasteiger partial charge on any atom is -0.480 e. The number of carboxylic acids is 1. The number of carboxylic acid groups (broad SMARTS) is 1. The summed E-state index contributed by atoms with van der Waals surface area (Å²) in [7, 11) is 0. The molecule has 3 rings (SSSR count). The Kier molecular flexibility index (Phi) is 6.97. The van der Waals surface area contributed by atoms with Crippen molar-refractivity contribution in [2.75, 3.05) is 6.54 Å². The molecule has 152 valence electrons. The summed E-state index contributed by atoms with van der Waals surface area (Å²) >= 11 is 0. The number of nitrogens with one attached hydrogen (secondary N) is 1. The predicted molar refractivity (Wildman–Crippen MR) is 106 cm³/mol. The average Bonchev–Trinajstić information content (AvgIpc) is 3.28. The van der Waals surface area contributed by atoms with Gasteiger partial charge in [0.05, 0.1) is 6.04 Å². The van der Waals surface area contributed by atoms with Gasteiger partial charge in [0.25, 0.3) is 0 Å². The average molecular weight is 396 g/mol. The Morgan fingerprint density at radius 1 is 1.03 bits per heavy atom. The number of benzene rings is 2. The molecule has 7 heteroatoms. The van der Waals surface area contributed by atoms with Crippen molar-refractivity contribution in [3.63, 3.8) is 0 Å². The molecule has 1 fully saturated rings. The van der Waals surface area contributed by atoms with Crippen LogP contribution in [0.5, 0.6) is 0 Å². The number of ether oxygens (including phenoxy) is 1. The lowest BCUT2D eigenvalue weighted by molar-refractivity contribution is -0.149. The van der Waals surface area contributed by atoms with Crippen LogP contribution in [0.15, 0.2) is 60.7 Å². The summed E-state index contributed by atoms with van der Waals surface area (Å²) in [6.45, 7) is 0.610. The molecule has 1 heterocycles. The van der Waals surface area contributed by atoms with Crippen LogP contribution in [-0.2, 0) is 27.4 Å². The first-order chi connectivity index (χ1) is 14.1. The van der Waals surface area contributed by atoms with Gasteiger partial charge in [-0.25, -0.2) is 14.5 Å². The van der Waals surface area contributed by atoms with Crippen LogP contribution in [0.25, 0.3) is 0 Å². The summed E-state index contributed by atoms with van der Waals surface area (Å²) in [6, 6.07) is 16.0. The maximum absolute atomic E-state index is 13.0. The quantitative estimate of drug-likeness (QED) is 0.747. The van der Waals surface area contributed by atoms with Crippen molar-refractivity contribution in [2.45, 2.75) is 38.0 Å². The van der Waals surface area contributed by atoms with Gasteiger partial charge in [-0.15, -0.1) is 0 Å². The lowest BCUT2D eigenvalue weighted by Crippen LogP contribution is -2.55. The summed E-state index contributed by atoms with van der Waals surface area (Å²) < 4.78 is 5.31. The Labute approximate surface area is 169 Å². The van der Waals surface area contributed by atoms with Gasteiger partial charge >= 0.3 is 12.1 Å². The van der Waals surface area contributed by atoms with E-state index in [1.54, 1.807) is 36.4 Å². The van der Waals surface area contributed by atoms with Crippen molar-refractivity contribution in [2.24, 2.45) is 0 Å². The second-order valence-corrected chi connectivity index (χ2v) is 6.94. The van der Waals surface area contributed by atoms with Crippen LogP contribution >= 0.6 is 0 Å². The second-order valence-electron chi connectivity index (χ2n) is 6.94. The van der Waals surface area contributed by atoms with Crippen molar-refractivity contribution >= 4 is 18.0 Å². The molecular weight excluding hydrogens is 372 g/mol. The Morgan fingerprint density at radius 2 is 1.66 bits per heavy atom. The second kappa shape index (κ2) is 9.84. The number of aliphatic carboxylic acids is 1. The number of carbonyl (C=O) groups excluding carboxylic acids is 2. The zero-order valence-corrected chi connectivity index (χ0v) is 16.0. The summed E-state index contributed by atoms with van der Waals surface area (Å²) in [5, 5.41) is 12.8. The van der Waals surface area contributed by atoms with Crippen LogP contribution in [0, 0.1) is 0 Å². The first kappa shape index (κ1) is 20.5.